The van der Waals surface area contributed by atoms with Crippen molar-refractivity contribution in [1.82, 2.24) is 14.8 Å². The van der Waals surface area contributed by atoms with Gasteiger partial charge in [0.15, 0.2) is 11.0 Å². The van der Waals surface area contributed by atoms with Crippen LogP contribution in [0.2, 0.25) is 0 Å². The van der Waals surface area contributed by atoms with Gasteiger partial charge in [0.25, 0.3) is 0 Å². The zero-order valence-electron chi connectivity index (χ0n) is 16.3. The van der Waals surface area contributed by atoms with Crippen LogP contribution in [-0.2, 0) is 18.7 Å². The third-order valence-electron chi connectivity index (χ3n) is 4.83. The molecule has 1 N–H and O–H groups in total. The third-order valence-corrected chi connectivity index (χ3v) is 5.85. The molecule has 0 fully saturated rings. The number of hydrogen-bond acceptors (Lipinski definition) is 6. The van der Waals surface area contributed by atoms with Crippen molar-refractivity contribution in [3.05, 3.63) is 70.1 Å². The topological polar surface area (TPSA) is 81.2 Å². The largest absolute Gasteiger partial charge is 0.508 e. The van der Waals surface area contributed by atoms with E-state index in [-0.39, 0.29) is 5.75 Å². The number of phenols is 1. The summed E-state index contributed by atoms with van der Waals surface area (Å²) in [4.78, 5) is 12.0. The second-order valence-corrected chi connectivity index (χ2v) is 7.57. The van der Waals surface area contributed by atoms with Gasteiger partial charge in [-0.25, -0.2) is 4.79 Å². The van der Waals surface area contributed by atoms with E-state index in [4.69, 9.17) is 4.42 Å². The van der Waals surface area contributed by atoms with Gasteiger partial charge < -0.3 is 14.1 Å². The van der Waals surface area contributed by atoms with Crippen molar-refractivity contribution in [3.63, 3.8) is 0 Å². The van der Waals surface area contributed by atoms with Crippen molar-refractivity contribution < 1.29 is 9.52 Å². The molecule has 148 valence electrons. The number of aryl methyl sites for hydroxylation is 1. The molecular formula is C22H21N3O3S. The van der Waals surface area contributed by atoms with Crippen LogP contribution in [0.25, 0.3) is 22.4 Å². The fourth-order valence-electron chi connectivity index (χ4n) is 3.33. The highest BCUT2D eigenvalue weighted by molar-refractivity contribution is 7.98. The van der Waals surface area contributed by atoms with Crippen LogP contribution in [0.15, 0.2) is 62.9 Å². The fourth-order valence-corrected chi connectivity index (χ4v) is 4.33. The lowest BCUT2D eigenvalue weighted by molar-refractivity contribution is 0.466. The number of hydrogen-bond donors (Lipinski definition) is 1. The Bertz CT molecular complexity index is 1220. The maximum Gasteiger partial charge on any atom is 0.336 e. The monoisotopic (exact) mass is 407 g/mol. The van der Waals surface area contributed by atoms with Crippen molar-refractivity contribution in [2.24, 2.45) is 0 Å². The van der Waals surface area contributed by atoms with E-state index in [0.717, 1.165) is 39.6 Å². The number of fused-ring (bicyclic) bond motifs is 1. The highest BCUT2D eigenvalue weighted by atomic mass is 32.2. The van der Waals surface area contributed by atoms with Gasteiger partial charge in [0, 0.05) is 35.4 Å². The molecule has 0 saturated carbocycles. The van der Waals surface area contributed by atoms with E-state index in [9.17, 15) is 9.90 Å². The number of aromatic hydroxyl groups is 1. The van der Waals surface area contributed by atoms with Gasteiger partial charge in [-0.1, -0.05) is 49.0 Å². The van der Waals surface area contributed by atoms with E-state index in [1.54, 1.807) is 0 Å². The van der Waals surface area contributed by atoms with E-state index >= 15 is 0 Å². The quantitative estimate of drug-likeness (QED) is 0.371. The van der Waals surface area contributed by atoms with Gasteiger partial charge in [-0.2, -0.15) is 0 Å². The molecule has 4 rings (SSSR count). The van der Waals surface area contributed by atoms with Gasteiger partial charge in [0.05, 0.1) is 0 Å². The van der Waals surface area contributed by atoms with E-state index in [1.807, 2.05) is 43.3 Å². The first-order chi connectivity index (χ1) is 14.1. The van der Waals surface area contributed by atoms with E-state index in [2.05, 4.69) is 21.7 Å². The normalized spacial score (nSPS) is 11.2. The van der Waals surface area contributed by atoms with E-state index in [0.29, 0.717) is 17.8 Å². The molecule has 0 atom stereocenters. The Kier molecular flexibility index (Phi) is 5.40. The number of rotatable bonds is 6. The first kappa shape index (κ1) is 19.3. The smallest absolute Gasteiger partial charge is 0.336 e. The van der Waals surface area contributed by atoms with E-state index in [1.165, 1.54) is 23.9 Å². The molecule has 0 aliphatic rings. The summed E-state index contributed by atoms with van der Waals surface area (Å²) in [6, 6.07) is 14.9. The van der Waals surface area contributed by atoms with Crippen LogP contribution in [0.1, 0.15) is 25.0 Å². The summed E-state index contributed by atoms with van der Waals surface area (Å²) in [5.74, 6) is 1.51. The maximum absolute atomic E-state index is 12.0. The minimum Gasteiger partial charge on any atom is -0.508 e. The number of phenolic OH excluding ortho intramolecular Hbond substituents is 1. The molecular weight excluding hydrogens is 386 g/mol. The van der Waals surface area contributed by atoms with Crippen molar-refractivity contribution in [1.29, 1.82) is 0 Å². The Labute approximate surface area is 172 Å². The Morgan fingerprint density at radius 3 is 2.59 bits per heavy atom. The lowest BCUT2D eigenvalue weighted by atomic mass is 10.1. The number of aromatic nitrogens is 3. The van der Waals surface area contributed by atoms with Crippen molar-refractivity contribution in [3.8, 4) is 17.1 Å². The van der Waals surface area contributed by atoms with Gasteiger partial charge in [0.2, 0.25) is 0 Å². The SMILES string of the molecule is CCc1cc2c(CSc3nnc(-c4ccccc4)n3CC)cc(=O)oc2cc1O. The van der Waals surface area contributed by atoms with Gasteiger partial charge >= 0.3 is 5.63 Å². The average molecular weight is 407 g/mol. The molecule has 6 nitrogen and oxygen atoms in total. The van der Waals surface area contributed by atoms with Crippen LogP contribution < -0.4 is 5.63 Å². The second-order valence-electron chi connectivity index (χ2n) is 6.63. The van der Waals surface area contributed by atoms with Gasteiger partial charge in [-0.3, -0.25) is 0 Å². The summed E-state index contributed by atoms with van der Waals surface area (Å²) < 4.78 is 7.35. The average Bonchev–Trinajstić information content (AvgIpc) is 3.15. The van der Waals surface area contributed by atoms with Gasteiger partial charge in [-0.15, -0.1) is 10.2 Å². The van der Waals surface area contributed by atoms with Crippen LogP contribution in [0, 0.1) is 0 Å². The summed E-state index contributed by atoms with van der Waals surface area (Å²) in [6.07, 6.45) is 0.693. The first-order valence-electron chi connectivity index (χ1n) is 9.50. The molecule has 0 bridgehead atoms. The number of benzene rings is 2. The lowest BCUT2D eigenvalue weighted by Crippen LogP contribution is -2.02. The van der Waals surface area contributed by atoms with Crippen LogP contribution >= 0.6 is 11.8 Å². The molecule has 0 unspecified atom stereocenters. The second kappa shape index (κ2) is 8.13. The lowest BCUT2D eigenvalue weighted by Gasteiger charge is -2.10. The van der Waals surface area contributed by atoms with Crippen molar-refractivity contribution >= 4 is 22.7 Å². The van der Waals surface area contributed by atoms with E-state index < -0.39 is 5.63 Å². The Morgan fingerprint density at radius 1 is 1.07 bits per heavy atom. The molecule has 0 spiro atoms. The van der Waals surface area contributed by atoms with Crippen LogP contribution in [0.5, 0.6) is 5.75 Å². The highest BCUT2D eigenvalue weighted by Crippen LogP contribution is 2.31. The van der Waals surface area contributed by atoms with Gasteiger partial charge in [-0.05, 0) is 30.5 Å². The summed E-state index contributed by atoms with van der Waals surface area (Å²) in [6.45, 7) is 4.77. The highest BCUT2D eigenvalue weighted by Gasteiger charge is 2.15. The molecule has 0 radical (unpaired) electrons. The number of thioether (sulfide) groups is 1. The minimum absolute atomic E-state index is 0.145. The number of nitrogens with zero attached hydrogens (tertiary/aromatic N) is 3. The molecule has 7 heteroatoms. The predicted octanol–water partition coefficient (Wildman–Crippen LogP) is 4.63. The molecule has 0 aliphatic heterocycles. The Balaban J connectivity index is 1.69. The van der Waals surface area contributed by atoms with Crippen LogP contribution in [0.3, 0.4) is 0 Å². The Hall–Kier alpha value is -3.06. The van der Waals surface area contributed by atoms with Crippen molar-refractivity contribution in [2.45, 2.75) is 37.7 Å². The van der Waals surface area contributed by atoms with Gasteiger partial charge in [0.1, 0.15) is 11.3 Å². The predicted molar refractivity (Wildman–Crippen MR) is 114 cm³/mol. The molecule has 2 aromatic carbocycles. The third kappa shape index (κ3) is 3.78. The van der Waals surface area contributed by atoms with Crippen molar-refractivity contribution in [2.75, 3.05) is 0 Å². The zero-order chi connectivity index (χ0) is 20.4. The zero-order valence-corrected chi connectivity index (χ0v) is 17.1. The van der Waals surface area contributed by atoms with Crippen LogP contribution in [0.4, 0.5) is 0 Å². The Morgan fingerprint density at radius 2 is 1.86 bits per heavy atom. The maximum atomic E-state index is 12.0. The molecule has 2 aromatic heterocycles. The molecule has 29 heavy (non-hydrogen) atoms. The van der Waals surface area contributed by atoms with Crippen LogP contribution in [-0.4, -0.2) is 19.9 Å². The summed E-state index contributed by atoms with van der Waals surface area (Å²) in [5.41, 5.74) is 2.65. The standard InChI is InChI=1S/C22H21N3O3S/c1-3-14-10-17-16(11-20(27)28-19(17)12-18(14)26)13-29-22-24-23-21(25(22)4-2)15-8-6-5-7-9-15/h5-12,26H,3-4,13H2,1-2H3. The molecule has 4 aromatic rings. The molecule has 0 aliphatic carbocycles. The summed E-state index contributed by atoms with van der Waals surface area (Å²) in [7, 11) is 0. The molecule has 2 heterocycles. The fraction of sp³-hybridized carbons (Fsp3) is 0.227. The summed E-state index contributed by atoms with van der Waals surface area (Å²) in [5, 5.41) is 20.4. The molecule has 0 amide bonds. The summed E-state index contributed by atoms with van der Waals surface area (Å²) >= 11 is 1.53. The minimum atomic E-state index is -0.432. The first-order valence-corrected chi connectivity index (χ1v) is 10.5. The molecule has 0 saturated heterocycles.